The zero-order chi connectivity index (χ0) is 12.7. The fourth-order valence-electron chi connectivity index (χ4n) is 3.47. The van der Waals surface area contributed by atoms with Gasteiger partial charge in [-0.2, -0.15) is 0 Å². The molecular weight excluding hydrogens is 210 g/mol. The molecule has 0 aromatic heterocycles. The molecule has 0 aromatic carbocycles. The number of aliphatic hydroxyl groups excluding tert-OH is 1. The Balaban J connectivity index is 2.75. The van der Waals surface area contributed by atoms with E-state index in [4.69, 9.17) is 5.73 Å². The van der Waals surface area contributed by atoms with Crippen LogP contribution in [-0.2, 0) is 0 Å². The van der Waals surface area contributed by atoms with Crippen LogP contribution < -0.4 is 5.73 Å². The van der Waals surface area contributed by atoms with Crippen molar-refractivity contribution in [3.8, 4) is 0 Å². The maximum atomic E-state index is 10.7. The molecule has 2 nitrogen and oxygen atoms in total. The molecule has 2 heteroatoms. The van der Waals surface area contributed by atoms with Gasteiger partial charge in [0.15, 0.2) is 0 Å². The maximum absolute atomic E-state index is 10.7. The summed E-state index contributed by atoms with van der Waals surface area (Å²) in [6, 6.07) is 0. The normalized spacial score (nSPS) is 23.1. The monoisotopic (exact) mass is 241 g/mol. The lowest BCUT2D eigenvalue weighted by molar-refractivity contribution is -0.0329. The molecule has 1 saturated carbocycles. The Morgan fingerprint density at radius 2 is 1.47 bits per heavy atom. The van der Waals surface area contributed by atoms with Gasteiger partial charge in [-0.3, -0.25) is 0 Å². The van der Waals surface area contributed by atoms with E-state index in [2.05, 4.69) is 13.8 Å². The van der Waals surface area contributed by atoms with Crippen molar-refractivity contribution in [2.45, 2.75) is 77.7 Å². The SMILES string of the molecule is CCC(CC)C(O)C1(CN)CCCCCCC1. The van der Waals surface area contributed by atoms with E-state index in [-0.39, 0.29) is 11.5 Å². The van der Waals surface area contributed by atoms with E-state index in [0.717, 1.165) is 25.7 Å². The van der Waals surface area contributed by atoms with Crippen LogP contribution in [0.2, 0.25) is 0 Å². The van der Waals surface area contributed by atoms with Crippen molar-refractivity contribution in [2.24, 2.45) is 17.1 Å². The summed E-state index contributed by atoms with van der Waals surface area (Å²) in [5.41, 5.74) is 6.06. The zero-order valence-corrected chi connectivity index (χ0v) is 11.8. The largest absolute Gasteiger partial charge is 0.392 e. The first-order valence-electron chi connectivity index (χ1n) is 7.58. The van der Waals surface area contributed by atoms with Gasteiger partial charge in [-0.1, -0.05) is 58.8 Å². The summed E-state index contributed by atoms with van der Waals surface area (Å²) in [5, 5.41) is 10.7. The number of hydrogen-bond acceptors (Lipinski definition) is 2. The minimum absolute atomic E-state index is 0.0110. The van der Waals surface area contributed by atoms with Crippen LogP contribution in [0.3, 0.4) is 0 Å². The lowest BCUT2D eigenvalue weighted by atomic mass is 9.67. The molecule has 0 saturated heterocycles. The molecule has 0 aliphatic heterocycles. The quantitative estimate of drug-likeness (QED) is 0.774. The highest BCUT2D eigenvalue weighted by Crippen LogP contribution is 2.40. The first-order valence-corrected chi connectivity index (χ1v) is 7.58. The first-order chi connectivity index (χ1) is 8.20. The van der Waals surface area contributed by atoms with Gasteiger partial charge in [0.05, 0.1) is 6.10 Å². The average Bonchev–Trinajstić information content (AvgIpc) is 2.31. The van der Waals surface area contributed by atoms with Crippen LogP contribution in [0, 0.1) is 11.3 Å². The third kappa shape index (κ3) is 3.69. The summed E-state index contributed by atoms with van der Waals surface area (Å²) in [7, 11) is 0. The molecule has 3 N–H and O–H groups in total. The zero-order valence-electron chi connectivity index (χ0n) is 11.8. The van der Waals surface area contributed by atoms with E-state index in [0.29, 0.717) is 12.5 Å². The minimum Gasteiger partial charge on any atom is -0.392 e. The van der Waals surface area contributed by atoms with E-state index in [1.165, 1.54) is 32.1 Å². The summed E-state index contributed by atoms with van der Waals surface area (Å²) in [5.74, 6) is 0.429. The summed E-state index contributed by atoms with van der Waals surface area (Å²) in [6.07, 6.45) is 10.7. The highest BCUT2D eigenvalue weighted by Gasteiger charge is 2.39. The third-order valence-corrected chi connectivity index (χ3v) is 4.88. The molecule has 1 rings (SSSR count). The summed E-state index contributed by atoms with van der Waals surface area (Å²) in [6.45, 7) is 5.03. The molecule has 102 valence electrons. The van der Waals surface area contributed by atoms with E-state index in [9.17, 15) is 5.11 Å². The minimum atomic E-state index is -0.194. The summed E-state index contributed by atoms with van der Waals surface area (Å²) in [4.78, 5) is 0. The number of aliphatic hydroxyl groups is 1. The van der Waals surface area contributed by atoms with E-state index in [1.807, 2.05) is 0 Å². The molecule has 1 aliphatic rings. The van der Waals surface area contributed by atoms with Crippen LogP contribution in [-0.4, -0.2) is 17.8 Å². The van der Waals surface area contributed by atoms with Crippen LogP contribution in [0.5, 0.6) is 0 Å². The topological polar surface area (TPSA) is 46.2 Å². The molecule has 0 bridgehead atoms. The maximum Gasteiger partial charge on any atom is 0.0636 e. The van der Waals surface area contributed by atoms with Gasteiger partial charge in [0.25, 0.3) is 0 Å². The van der Waals surface area contributed by atoms with Crippen molar-refractivity contribution >= 4 is 0 Å². The molecule has 0 spiro atoms. The van der Waals surface area contributed by atoms with Crippen molar-refractivity contribution in [1.82, 2.24) is 0 Å². The molecule has 0 amide bonds. The van der Waals surface area contributed by atoms with Gasteiger partial charge in [0.1, 0.15) is 0 Å². The summed E-state index contributed by atoms with van der Waals surface area (Å²) < 4.78 is 0. The Kier molecular flexibility index (Phi) is 6.50. The highest BCUT2D eigenvalue weighted by atomic mass is 16.3. The van der Waals surface area contributed by atoms with Gasteiger partial charge in [-0.25, -0.2) is 0 Å². The van der Waals surface area contributed by atoms with Crippen molar-refractivity contribution in [3.63, 3.8) is 0 Å². The number of nitrogens with two attached hydrogens (primary N) is 1. The predicted octanol–water partition coefficient (Wildman–Crippen LogP) is 3.47. The first kappa shape index (κ1) is 15.0. The standard InChI is InChI=1S/C15H31NO/c1-3-13(4-2)14(17)15(12-16)10-8-6-5-7-9-11-15/h13-14,17H,3-12,16H2,1-2H3. The Morgan fingerprint density at radius 3 is 1.88 bits per heavy atom. The van der Waals surface area contributed by atoms with Crippen LogP contribution in [0.25, 0.3) is 0 Å². The average molecular weight is 241 g/mol. The van der Waals surface area contributed by atoms with Gasteiger partial charge in [-0.15, -0.1) is 0 Å². The van der Waals surface area contributed by atoms with Crippen molar-refractivity contribution < 1.29 is 5.11 Å². The van der Waals surface area contributed by atoms with Gasteiger partial charge >= 0.3 is 0 Å². The second-order valence-electron chi connectivity index (χ2n) is 5.86. The van der Waals surface area contributed by atoms with Crippen LogP contribution in [0.1, 0.15) is 71.6 Å². The summed E-state index contributed by atoms with van der Waals surface area (Å²) >= 11 is 0. The molecule has 17 heavy (non-hydrogen) atoms. The van der Waals surface area contributed by atoms with E-state index in [1.54, 1.807) is 0 Å². The van der Waals surface area contributed by atoms with E-state index >= 15 is 0 Å². The highest BCUT2D eigenvalue weighted by molar-refractivity contribution is 4.91. The van der Waals surface area contributed by atoms with E-state index < -0.39 is 0 Å². The fraction of sp³-hybridized carbons (Fsp3) is 1.00. The van der Waals surface area contributed by atoms with Gasteiger partial charge in [-0.05, 0) is 18.8 Å². The fourth-order valence-corrected chi connectivity index (χ4v) is 3.47. The molecule has 1 aliphatic carbocycles. The smallest absolute Gasteiger partial charge is 0.0636 e. The molecule has 1 atom stereocenters. The van der Waals surface area contributed by atoms with Crippen LogP contribution in [0.15, 0.2) is 0 Å². The van der Waals surface area contributed by atoms with Gasteiger partial charge in [0, 0.05) is 12.0 Å². The Morgan fingerprint density at radius 1 is 1.00 bits per heavy atom. The molecule has 1 fully saturated rings. The van der Waals surface area contributed by atoms with Crippen LogP contribution >= 0.6 is 0 Å². The van der Waals surface area contributed by atoms with Crippen LogP contribution in [0.4, 0.5) is 0 Å². The molecule has 0 aromatic rings. The number of hydrogen-bond donors (Lipinski definition) is 2. The molecule has 1 unspecified atom stereocenters. The van der Waals surface area contributed by atoms with Crippen molar-refractivity contribution in [1.29, 1.82) is 0 Å². The Labute approximate surface area is 107 Å². The molecular formula is C15H31NO. The second kappa shape index (κ2) is 7.38. The Hall–Kier alpha value is -0.0800. The molecule has 0 heterocycles. The lowest BCUT2D eigenvalue weighted by Crippen LogP contribution is -2.46. The van der Waals surface area contributed by atoms with Crippen molar-refractivity contribution in [2.75, 3.05) is 6.54 Å². The van der Waals surface area contributed by atoms with Gasteiger partial charge in [0.2, 0.25) is 0 Å². The Bertz CT molecular complexity index is 193. The van der Waals surface area contributed by atoms with Crippen molar-refractivity contribution in [3.05, 3.63) is 0 Å². The number of rotatable bonds is 5. The molecule has 0 radical (unpaired) electrons. The predicted molar refractivity (Wildman–Crippen MR) is 73.9 cm³/mol. The third-order valence-electron chi connectivity index (χ3n) is 4.88. The lowest BCUT2D eigenvalue weighted by Gasteiger charge is -2.42. The van der Waals surface area contributed by atoms with Gasteiger partial charge < -0.3 is 10.8 Å². The second-order valence-corrected chi connectivity index (χ2v) is 5.86.